The SMILES string of the molecule is COCCOc1ccc(C(O)c2ccc(Br)cc2)cc1Br. The van der Waals surface area contributed by atoms with Gasteiger partial charge in [0.25, 0.3) is 0 Å². The van der Waals surface area contributed by atoms with E-state index in [1.807, 2.05) is 42.5 Å². The first-order valence-electron chi connectivity index (χ1n) is 6.46. The third-order valence-corrected chi connectivity index (χ3v) is 4.15. The van der Waals surface area contributed by atoms with Crippen molar-refractivity contribution < 1.29 is 14.6 Å². The van der Waals surface area contributed by atoms with Crippen LogP contribution in [0, 0.1) is 0 Å². The molecule has 2 rings (SSSR count). The minimum absolute atomic E-state index is 0.490. The number of aliphatic hydroxyl groups excluding tert-OH is 1. The lowest BCUT2D eigenvalue weighted by atomic mass is 10.0. The molecule has 2 aromatic rings. The smallest absolute Gasteiger partial charge is 0.133 e. The first-order chi connectivity index (χ1) is 10.1. The highest BCUT2D eigenvalue weighted by Gasteiger charge is 2.12. The van der Waals surface area contributed by atoms with E-state index in [9.17, 15) is 5.11 Å². The predicted octanol–water partition coefficient (Wildman–Crippen LogP) is 4.32. The zero-order chi connectivity index (χ0) is 15.2. The van der Waals surface area contributed by atoms with E-state index < -0.39 is 6.10 Å². The highest BCUT2D eigenvalue weighted by Crippen LogP contribution is 2.31. The normalized spacial score (nSPS) is 12.2. The number of hydrogen-bond acceptors (Lipinski definition) is 3. The Bertz CT molecular complexity index is 585. The highest BCUT2D eigenvalue weighted by atomic mass is 79.9. The van der Waals surface area contributed by atoms with Gasteiger partial charge in [-0.1, -0.05) is 34.1 Å². The Morgan fingerprint density at radius 2 is 1.67 bits per heavy atom. The molecule has 0 aromatic heterocycles. The summed E-state index contributed by atoms with van der Waals surface area (Å²) in [5.41, 5.74) is 1.65. The van der Waals surface area contributed by atoms with E-state index in [1.165, 1.54) is 0 Å². The van der Waals surface area contributed by atoms with E-state index in [1.54, 1.807) is 7.11 Å². The van der Waals surface area contributed by atoms with Gasteiger partial charge >= 0.3 is 0 Å². The van der Waals surface area contributed by atoms with Gasteiger partial charge in [-0.15, -0.1) is 0 Å². The minimum atomic E-state index is -0.664. The molecule has 0 radical (unpaired) electrons. The first kappa shape index (κ1) is 16.5. The van der Waals surface area contributed by atoms with Crippen LogP contribution < -0.4 is 4.74 Å². The lowest BCUT2D eigenvalue weighted by Gasteiger charge is -2.14. The van der Waals surface area contributed by atoms with Gasteiger partial charge in [-0.3, -0.25) is 0 Å². The molecule has 0 aliphatic heterocycles. The minimum Gasteiger partial charge on any atom is -0.490 e. The molecule has 5 heteroatoms. The Hall–Kier alpha value is -0.880. The van der Waals surface area contributed by atoms with Gasteiger partial charge in [0.05, 0.1) is 11.1 Å². The molecule has 0 heterocycles. The molecule has 0 fully saturated rings. The van der Waals surface area contributed by atoms with Crippen molar-refractivity contribution in [2.75, 3.05) is 20.3 Å². The fourth-order valence-corrected chi connectivity index (χ4v) is 2.65. The molecule has 0 saturated heterocycles. The summed E-state index contributed by atoms with van der Waals surface area (Å²) in [6.45, 7) is 1.03. The summed E-state index contributed by atoms with van der Waals surface area (Å²) in [6, 6.07) is 13.2. The molecule has 0 saturated carbocycles. The van der Waals surface area contributed by atoms with Crippen LogP contribution in [0.25, 0.3) is 0 Å². The molecule has 0 spiro atoms. The topological polar surface area (TPSA) is 38.7 Å². The van der Waals surface area contributed by atoms with Crippen molar-refractivity contribution in [3.05, 3.63) is 62.5 Å². The van der Waals surface area contributed by atoms with Crippen LogP contribution in [0.5, 0.6) is 5.75 Å². The van der Waals surface area contributed by atoms with Crippen LogP contribution in [0.1, 0.15) is 17.2 Å². The average molecular weight is 416 g/mol. The largest absolute Gasteiger partial charge is 0.490 e. The second-order valence-corrected chi connectivity index (χ2v) is 6.26. The van der Waals surface area contributed by atoms with E-state index in [4.69, 9.17) is 9.47 Å². The average Bonchev–Trinajstić information content (AvgIpc) is 2.49. The summed E-state index contributed by atoms with van der Waals surface area (Å²) in [4.78, 5) is 0. The molecule has 0 aliphatic rings. The van der Waals surface area contributed by atoms with Crippen LogP contribution in [0.4, 0.5) is 0 Å². The van der Waals surface area contributed by atoms with Gasteiger partial charge in [-0.2, -0.15) is 0 Å². The van der Waals surface area contributed by atoms with Gasteiger partial charge in [0.15, 0.2) is 0 Å². The van der Waals surface area contributed by atoms with E-state index in [-0.39, 0.29) is 0 Å². The van der Waals surface area contributed by atoms with Crippen molar-refractivity contribution in [3.63, 3.8) is 0 Å². The van der Waals surface area contributed by atoms with Gasteiger partial charge in [0, 0.05) is 11.6 Å². The lowest BCUT2D eigenvalue weighted by Crippen LogP contribution is -2.05. The van der Waals surface area contributed by atoms with E-state index in [0.717, 1.165) is 25.8 Å². The predicted molar refractivity (Wildman–Crippen MR) is 89.7 cm³/mol. The summed E-state index contributed by atoms with van der Waals surface area (Å²) in [5, 5.41) is 10.4. The van der Waals surface area contributed by atoms with Crippen LogP contribution in [0.2, 0.25) is 0 Å². The molecule has 1 atom stereocenters. The van der Waals surface area contributed by atoms with Gasteiger partial charge in [0.2, 0.25) is 0 Å². The molecule has 21 heavy (non-hydrogen) atoms. The molecule has 1 N–H and O–H groups in total. The van der Waals surface area contributed by atoms with Gasteiger partial charge in [-0.05, 0) is 51.3 Å². The molecule has 2 aromatic carbocycles. The second kappa shape index (κ2) is 7.94. The third kappa shape index (κ3) is 4.54. The number of methoxy groups -OCH3 is 1. The molecule has 0 amide bonds. The fraction of sp³-hybridized carbons (Fsp3) is 0.250. The molecule has 112 valence electrons. The van der Waals surface area contributed by atoms with Gasteiger partial charge in [-0.25, -0.2) is 0 Å². The maximum Gasteiger partial charge on any atom is 0.133 e. The van der Waals surface area contributed by atoms with Crippen LogP contribution in [0.15, 0.2) is 51.4 Å². The molecule has 1 unspecified atom stereocenters. The van der Waals surface area contributed by atoms with Crippen molar-refractivity contribution in [1.29, 1.82) is 0 Å². The first-order valence-corrected chi connectivity index (χ1v) is 8.05. The summed E-state index contributed by atoms with van der Waals surface area (Å²) in [6.07, 6.45) is -0.664. The van der Waals surface area contributed by atoms with Gasteiger partial charge < -0.3 is 14.6 Å². The van der Waals surface area contributed by atoms with Crippen molar-refractivity contribution in [2.45, 2.75) is 6.10 Å². The van der Waals surface area contributed by atoms with E-state index in [2.05, 4.69) is 31.9 Å². The van der Waals surface area contributed by atoms with Crippen molar-refractivity contribution in [2.24, 2.45) is 0 Å². The monoisotopic (exact) mass is 414 g/mol. The Labute approximate surface area is 141 Å². The molecule has 3 nitrogen and oxygen atoms in total. The van der Waals surface area contributed by atoms with Crippen molar-refractivity contribution in [1.82, 2.24) is 0 Å². The van der Waals surface area contributed by atoms with Crippen LogP contribution >= 0.6 is 31.9 Å². The maximum atomic E-state index is 10.4. The highest BCUT2D eigenvalue weighted by molar-refractivity contribution is 9.10. The van der Waals surface area contributed by atoms with Crippen LogP contribution in [-0.2, 0) is 4.74 Å². The van der Waals surface area contributed by atoms with E-state index >= 15 is 0 Å². The Balaban J connectivity index is 2.13. The molecular formula is C16H16Br2O3. The van der Waals surface area contributed by atoms with Crippen LogP contribution in [-0.4, -0.2) is 25.4 Å². The van der Waals surface area contributed by atoms with Gasteiger partial charge in [0.1, 0.15) is 18.5 Å². The quantitative estimate of drug-likeness (QED) is 0.714. The standard InChI is InChI=1S/C16H16Br2O3/c1-20-8-9-21-15-7-4-12(10-14(15)18)16(19)11-2-5-13(17)6-3-11/h2-7,10,16,19H,8-9H2,1H3. The maximum absolute atomic E-state index is 10.4. The summed E-state index contributed by atoms with van der Waals surface area (Å²) < 4.78 is 12.3. The van der Waals surface area contributed by atoms with Crippen molar-refractivity contribution in [3.8, 4) is 5.75 Å². The number of hydrogen-bond donors (Lipinski definition) is 1. The van der Waals surface area contributed by atoms with E-state index in [0.29, 0.717) is 13.2 Å². The number of aliphatic hydroxyl groups is 1. The second-order valence-electron chi connectivity index (χ2n) is 4.49. The van der Waals surface area contributed by atoms with Crippen molar-refractivity contribution >= 4 is 31.9 Å². The number of halogens is 2. The number of benzene rings is 2. The zero-order valence-electron chi connectivity index (χ0n) is 11.6. The molecular weight excluding hydrogens is 400 g/mol. The Morgan fingerprint density at radius 1 is 1.00 bits per heavy atom. The summed E-state index contributed by atoms with van der Waals surface area (Å²) >= 11 is 6.85. The zero-order valence-corrected chi connectivity index (χ0v) is 14.7. The number of rotatable bonds is 6. The fourth-order valence-electron chi connectivity index (χ4n) is 1.88. The third-order valence-electron chi connectivity index (χ3n) is 3.00. The summed E-state index contributed by atoms with van der Waals surface area (Å²) in [5.74, 6) is 0.735. The Kier molecular flexibility index (Phi) is 6.23. The van der Waals surface area contributed by atoms with Crippen LogP contribution in [0.3, 0.4) is 0 Å². The molecule has 0 aliphatic carbocycles. The lowest BCUT2D eigenvalue weighted by molar-refractivity contribution is 0.146. The number of ether oxygens (including phenoxy) is 2. The Morgan fingerprint density at radius 3 is 2.29 bits per heavy atom. The molecule has 0 bridgehead atoms. The summed E-state index contributed by atoms with van der Waals surface area (Å²) in [7, 11) is 1.63.